The van der Waals surface area contributed by atoms with Crippen LogP contribution in [0.25, 0.3) is 0 Å². The van der Waals surface area contributed by atoms with Gasteiger partial charge in [0.25, 0.3) is 0 Å². The molecule has 1 saturated carbocycles. The Morgan fingerprint density at radius 3 is 3.00 bits per heavy atom. The van der Waals surface area contributed by atoms with Crippen LogP contribution in [0.5, 0.6) is 0 Å². The molecule has 1 saturated heterocycles. The fraction of sp³-hybridized carbons (Fsp3) is 0.889. The summed E-state index contributed by atoms with van der Waals surface area (Å²) in [5, 5.41) is 3.35. The number of rotatable bonds is 1. The first kappa shape index (κ1) is 8.20. The predicted octanol–water partition coefficient (Wildman–Crippen LogP) is 0.344. The van der Waals surface area contributed by atoms with Gasteiger partial charge in [-0.3, -0.25) is 4.79 Å². The predicted molar refractivity (Wildman–Crippen MR) is 45.0 cm³/mol. The number of nitrogens with one attached hydrogen (secondary N) is 1. The highest BCUT2D eigenvalue weighted by molar-refractivity contribution is 5.83. The maximum atomic E-state index is 11.4. The lowest BCUT2D eigenvalue weighted by molar-refractivity contribution is -0.122. The van der Waals surface area contributed by atoms with E-state index in [4.69, 9.17) is 4.74 Å². The molecule has 0 amide bonds. The van der Waals surface area contributed by atoms with Gasteiger partial charge in [-0.1, -0.05) is 0 Å². The third kappa shape index (κ3) is 1.52. The topological polar surface area (TPSA) is 38.3 Å². The van der Waals surface area contributed by atoms with Crippen molar-refractivity contribution in [3.63, 3.8) is 0 Å². The average Bonchev–Trinajstić information content (AvgIpc) is 2.53. The molecule has 2 atom stereocenters. The highest BCUT2D eigenvalue weighted by atomic mass is 16.5. The summed E-state index contributed by atoms with van der Waals surface area (Å²) in [5.41, 5.74) is 0. The fourth-order valence-electron chi connectivity index (χ4n) is 2.11. The molecule has 2 aliphatic rings. The van der Waals surface area contributed by atoms with E-state index in [9.17, 15) is 4.79 Å². The SMILES string of the molecule is O=C1CCC[C@H]1[C@H]1COCCN1. The van der Waals surface area contributed by atoms with Gasteiger partial charge in [0, 0.05) is 24.9 Å². The van der Waals surface area contributed by atoms with Crippen molar-refractivity contribution in [2.24, 2.45) is 5.92 Å². The van der Waals surface area contributed by atoms with Crippen molar-refractivity contribution in [1.82, 2.24) is 5.32 Å². The molecule has 1 aliphatic heterocycles. The zero-order valence-electron chi connectivity index (χ0n) is 7.21. The maximum absolute atomic E-state index is 11.4. The molecule has 0 aromatic heterocycles. The molecule has 12 heavy (non-hydrogen) atoms. The number of hydrogen-bond donors (Lipinski definition) is 1. The van der Waals surface area contributed by atoms with Gasteiger partial charge in [0.2, 0.25) is 0 Å². The smallest absolute Gasteiger partial charge is 0.137 e. The molecule has 0 aromatic carbocycles. The average molecular weight is 169 g/mol. The second kappa shape index (κ2) is 3.54. The second-order valence-electron chi connectivity index (χ2n) is 3.60. The highest BCUT2D eigenvalue weighted by Crippen LogP contribution is 2.25. The first-order valence-electron chi connectivity index (χ1n) is 4.72. The van der Waals surface area contributed by atoms with Gasteiger partial charge in [-0.15, -0.1) is 0 Å². The van der Waals surface area contributed by atoms with Gasteiger partial charge in [-0.25, -0.2) is 0 Å². The maximum Gasteiger partial charge on any atom is 0.137 e. The van der Waals surface area contributed by atoms with Crippen LogP contribution < -0.4 is 5.32 Å². The summed E-state index contributed by atoms with van der Waals surface area (Å²) in [5.74, 6) is 0.670. The lowest BCUT2D eigenvalue weighted by Crippen LogP contribution is -2.47. The van der Waals surface area contributed by atoms with Crippen LogP contribution >= 0.6 is 0 Å². The van der Waals surface area contributed by atoms with Crippen molar-refractivity contribution in [2.45, 2.75) is 25.3 Å². The van der Waals surface area contributed by atoms with Gasteiger partial charge < -0.3 is 10.1 Å². The molecule has 0 radical (unpaired) electrons. The van der Waals surface area contributed by atoms with E-state index in [1.165, 1.54) is 0 Å². The number of carbonyl (C=O) groups excluding carboxylic acids is 1. The summed E-state index contributed by atoms with van der Waals surface area (Å²) < 4.78 is 5.33. The van der Waals surface area contributed by atoms with Crippen molar-refractivity contribution >= 4 is 5.78 Å². The minimum absolute atomic E-state index is 0.241. The van der Waals surface area contributed by atoms with E-state index >= 15 is 0 Å². The Morgan fingerprint density at radius 1 is 1.50 bits per heavy atom. The first-order chi connectivity index (χ1) is 5.88. The minimum Gasteiger partial charge on any atom is -0.378 e. The van der Waals surface area contributed by atoms with E-state index in [1.807, 2.05) is 0 Å². The molecule has 0 spiro atoms. The molecule has 0 aromatic rings. The van der Waals surface area contributed by atoms with Crippen molar-refractivity contribution in [3.8, 4) is 0 Å². The lowest BCUT2D eigenvalue weighted by atomic mass is 9.97. The van der Waals surface area contributed by atoms with Crippen LogP contribution in [0.2, 0.25) is 0 Å². The molecule has 3 nitrogen and oxygen atoms in total. The van der Waals surface area contributed by atoms with E-state index < -0.39 is 0 Å². The highest BCUT2D eigenvalue weighted by Gasteiger charge is 2.32. The normalized spacial score (nSPS) is 37.2. The summed E-state index contributed by atoms with van der Waals surface area (Å²) in [4.78, 5) is 11.4. The van der Waals surface area contributed by atoms with Crippen LogP contribution in [-0.2, 0) is 9.53 Å². The number of hydrogen-bond acceptors (Lipinski definition) is 3. The Hall–Kier alpha value is -0.410. The Balaban J connectivity index is 1.93. The second-order valence-corrected chi connectivity index (χ2v) is 3.60. The molecule has 68 valence electrons. The molecule has 1 N–H and O–H groups in total. The minimum atomic E-state index is 0.241. The van der Waals surface area contributed by atoms with Crippen LogP contribution in [0.4, 0.5) is 0 Å². The van der Waals surface area contributed by atoms with Gasteiger partial charge >= 0.3 is 0 Å². The molecule has 0 bridgehead atoms. The van der Waals surface area contributed by atoms with Gasteiger partial charge in [0.05, 0.1) is 13.2 Å². The molecule has 0 unspecified atom stereocenters. The Labute approximate surface area is 72.5 Å². The van der Waals surface area contributed by atoms with E-state index in [0.717, 1.165) is 39.0 Å². The number of carbonyl (C=O) groups is 1. The van der Waals surface area contributed by atoms with Gasteiger partial charge in [-0.2, -0.15) is 0 Å². The number of ketones is 1. The van der Waals surface area contributed by atoms with E-state index in [1.54, 1.807) is 0 Å². The Bertz CT molecular complexity index is 175. The number of ether oxygens (including phenoxy) is 1. The van der Waals surface area contributed by atoms with Crippen molar-refractivity contribution in [2.75, 3.05) is 19.8 Å². The zero-order chi connectivity index (χ0) is 8.39. The monoisotopic (exact) mass is 169 g/mol. The summed E-state index contributed by atoms with van der Waals surface area (Å²) in [6.07, 6.45) is 2.91. The summed E-state index contributed by atoms with van der Waals surface area (Å²) in [6.45, 7) is 2.41. The Morgan fingerprint density at radius 2 is 2.42 bits per heavy atom. The molecule has 3 heteroatoms. The molecule has 2 rings (SSSR count). The first-order valence-corrected chi connectivity index (χ1v) is 4.72. The molecular formula is C9H15NO2. The molecule has 1 aliphatic carbocycles. The zero-order valence-corrected chi connectivity index (χ0v) is 7.21. The van der Waals surface area contributed by atoms with Gasteiger partial charge in [0.15, 0.2) is 0 Å². The molecular weight excluding hydrogens is 154 g/mol. The summed E-state index contributed by atoms with van der Waals surface area (Å²) >= 11 is 0. The number of morpholine rings is 1. The molecule has 1 heterocycles. The third-order valence-electron chi connectivity index (χ3n) is 2.79. The molecule has 2 fully saturated rings. The standard InChI is InChI=1S/C9H15NO2/c11-9-3-1-2-7(9)8-6-12-5-4-10-8/h7-8,10H,1-6H2/t7-,8+/m0/s1. The van der Waals surface area contributed by atoms with Crippen LogP contribution in [0, 0.1) is 5.92 Å². The lowest BCUT2D eigenvalue weighted by Gasteiger charge is -2.27. The Kier molecular flexibility index (Phi) is 2.42. The quantitative estimate of drug-likeness (QED) is 0.615. The van der Waals surface area contributed by atoms with Crippen LogP contribution in [0.3, 0.4) is 0 Å². The third-order valence-corrected chi connectivity index (χ3v) is 2.79. The summed E-state index contributed by atoms with van der Waals surface area (Å²) in [7, 11) is 0. The fourth-order valence-corrected chi connectivity index (χ4v) is 2.11. The van der Waals surface area contributed by atoms with Crippen LogP contribution in [0.15, 0.2) is 0 Å². The van der Waals surface area contributed by atoms with Gasteiger partial charge in [0.1, 0.15) is 5.78 Å². The van der Waals surface area contributed by atoms with E-state index in [2.05, 4.69) is 5.32 Å². The number of Topliss-reactive ketones (excluding diaryl/α,β-unsaturated/α-hetero) is 1. The van der Waals surface area contributed by atoms with Crippen molar-refractivity contribution < 1.29 is 9.53 Å². The van der Waals surface area contributed by atoms with E-state index in [-0.39, 0.29) is 5.92 Å². The van der Waals surface area contributed by atoms with E-state index in [0.29, 0.717) is 11.8 Å². The largest absolute Gasteiger partial charge is 0.378 e. The van der Waals surface area contributed by atoms with Crippen molar-refractivity contribution in [3.05, 3.63) is 0 Å². The van der Waals surface area contributed by atoms with Crippen LogP contribution in [-0.4, -0.2) is 31.6 Å². The van der Waals surface area contributed by atoms with Gasteiger partial charge in [-0.05, 0) is 12.8 Å². The van der Waals surface area contributed by atoms with Crippen LogP contribution in [0.1, 0.15) is 19.3 Å². The van der Waals surface area contributed by atoms with Crippen molar-refractivity contribution in [1.29, 1.82) is 0 Å². The summed E-state index contributed by atoms with van der Waals surface area (Å²) in [6, 6.07) is 0.300.